The van der Waals surface area contributed by atoms with E-state index in [-0.39, 0.29) is 36.1 Å². The molecule has 3 amide bonds. The van der Waals surface area contributed by atoms with Gasteiger partial charge in [0.15, 0.2) is 0 Å². The number of nitrogens with zero attached hydrogens (tertiary/aromatic N) is 1. The molecule has 0 aliphatic heterocycles. The average molecular weight is 608 g/mol. The number of aryl methyl sites for hydroxylation is 1. The molecule has 2 aromatic carbocycles. The van der Waals surface area contributed by atoms with Gasteiger partial charge in [0.05, 0.1) is 0 Å². The second-order valence-electron chi connectivity index (χ2n) is 13.8. The van der Waals surface area contributed by atoms with E-state index in [1.54, 1.807) is 49.9 Å². The normalized spacial score (nSPS) is 16.1. The van der Waals surface area contributed by atoms with Crippen LogP contribution < -0.4 is 10.6 Å². The summed E-state index contributed by atoms with van der Waals surface area (Å²) in [4.78, 5) is 43.8. The second kappa shape index (κ2) is 16.0. The highest BCUT2D eigenvalue weighted by molar-refractivity contribution is 5.92. The molecule has 1 aliphatic rings. The SMILES string of the molecule is Cc1ccc(C(C(=O)NC2CCCCC2)N(C(=O)C(Cc2ccc(O)cc2)NC(=O)OC(C)(C)C)C(C)CCC(C)C)cc1. The molecular weight excluding hydrogens is 554 g/mol. The number of phenolic OH excluding ortho intramolecular Hbond substituents is 1. The van der Waals surface area contributed by atoms with Crippen molar-refractivity contribution < 1.29 is 24.2 Å². The fourth-order valence-electron chi connectivity index (χ4n) is 5.72. The van der Waals surface area contributed by atoms with Crippen LogP contribution >= 0.6 is 0 Å². The minimum absolute atomic E-state index is 0.0693. The highest BCUT2D eigenvalue weighted by Crippen LogP contribution is 2.29. The van der Waals surface area contributed by atoms with Gasteiger partial charge in [-0.2, -0.15) is 0 Å². The first-order chi connectivity index (χ1) is 20.7. The van der Waals surface area contributed by atoms with Crippen LogP contribution in [0, 0.1) is 12.8 Å². The van der Waals surface area contributed by atoms with Crippen LogP contribution in [0.3, 0.4) is 0 Å². The van der Waals surface area contributed by atoms with Crippen LogP contribution in [0.25, 0.3) is 0 Å². The minimum Gasteiger partial charge on any atom is -0.508 e. The molecule has 3 atom stereocenters. The maximum Gasteiger partial charge on any atom is 0.408 e. The lowest BCUT2D eigenvalue weighted by atomic mass is 9.93. The predicted octanol–water partition coefficient (Wildman–Crippen LogP) is 6.98. The first-order valence-corrected chi connectivity index (χ1v) is 16.2. The third-order valence-electron chi connectivity index (χ3n) is 8.13. The van der Waals surface area contributed by atoms with Crippen molar-refractivity contribution in [3.05, 3.63) is 65.2 Å². The van der Waals surface area contributed by atoms with Gasteiger partial charge in [0, 0.05) is 18.5 Å². The first kappa shape index (κ1) is 34.9. The maximum absolute atomic E-state index is 14.8. The number of carbonyl (C=O) groups is 3. The lowest BCUT2D eigenvalue weighted by Crippen LogP contribution is -2.57. The van der Waals surface area contributed by atoms with Gasteiger partial charge in [0.2, 0.25) is 11.8 Å². The van der Waals surface area contributed by atoms with E-state index in [4.69, 9.17) is 4.74 Å². The number of ether oxygens (including phenoxy) is 1. The van der Waals surface area contributed by atoms with Gasteiger partial charge in [-0.25, -0.2) is 4.79 Å². The molecule has 1 fully saturated rings. The molecule has 8 heteroatoms. The number of aromatic hydroxyl groups is 1. The monoisotopic (exact) mass is 607 g/mol. The van der Waals surface area contributed by atoms with Gasteiger partial charge in [-0.15, -0.1) is 0 Å². The number of phenols is 1. The molecule has 1 aliphatic carbocycles. The summed E-state index contributed by atoms with van der Waals surface area (Å²) in [6, 6.07) is 12.2. The van der Waals surface area contributed by atoms with Crippen LogP contribution in [0.2, 0.25) is 0 Å². The number of hydrogen-bond donors (Lipinski definition) is 3. The molecule has 0 bridgehead atoms. The highest BCUT2D eigenvalue weighted by Gasteiger charge is 2.39. The number of amides is 3. The number of carbonyl (C=O) groups excluding carboxylic acids is 3. The number of benzene rings is 2. The third kappa shape index (κ3) is 10.9. The van der Waals surface area contributed by atoms with Crippen LogP contribution in [0.1, 0.15) is 109 Å². The lowest BCUT2D eigenvalue weighted by molar-refractivity contribution is -0.145. The predicted molar refractivity (Wildman–Crippen MR) is 174 cm³/mol. The van der Waals surface area contributed by atoms with E-state index in [1.807, 2.05) is 38.1 Å². The standard InChI is InChI=1S/C36H53N3O5/c1-24(2)13-16-26(4)39(32(28-19-14-25(3)15-20-28)33(41)37-29-11-9-8-10-12-29)34(42)31(38-35(43)44-36(5,6)7)23-27-17-21-30(40)22-18-27/h14-15,17-22,24,26,29,31-32,40H,8-13,16,23H2,1-7H3,(H,37,41)(H,38,43). The smallest absolute Gasteiger partial charge is 0.408 e. The van der Waals surface area contributed by atoms with Gasteiger partial charge < -0.3 is 25.4 Å². The Balaban J connectivity index is 2.08. The topological polar surface area (TPSA) is 108 Å². The van der Waals surface area contributed by atoms with Crippen molar-refractivity contribution in [2.45, 2.75) is 130 Å². The van der Waals surface area contributed by atoms with Gasteiger partial charge in [-0.05, 0) is 89.5 Å². The van der Waals surface area contributed by atoms with Crippen LogP contribution in [0.4, 0.5) is 4.79 Å². The Bertz CT molecular complexity index is 1210. The molecule has 3 rings (SSSR count). The van der Waals surface area contributed by atoms with Crippen LogP contribution in [0.15, 0.2) is 48.5 Å². The summed E-state index contributed by atoms with van der Waals surface area (Å²) < 4.78 is 5.56. The number of rotatable bonds is 12. The number of alkyl carbamates (subject to hydrolysis) is 1. The van der Waals surface area contributed by atoms with E-state index < -0.39 is 23.8 Å². The summed E-state index contributed by atoms with van der Waals surface area (Å²) >= 11 is 0. The summed E-state index contributed by atoms with van der Waals surface area (Å²) in [5.74, 6) is -0.0360. The van der Waals surface area contributed by atoms with Crippen LogP contribution in [-0.4, -0.2) is 51.6 Å². The Labute approximate surface area is 263 Å². The molecule has 3 N–H and O–H groups in total. The molecule has 1 saturated carbocycles. The number of nitrogens with one attached hydrogen (secondary N) is 2. The van der Waals surface area contributed by atoms with Crippen molar-refractivity contribution in [2.75, 3.05) is 0 Å². The second-order valence-corrected chi connectivity index (χ2v) is 13.8. The molecular formula is C36H53N3O5. The highest BCUT2D eigenvalue weighted by atomic mass is 16.6. The molecule has 8 nitrogen and oxygen atoms in total. The summed E-state index contributed by atoms with van der Waals surface area (Å²) in [6.07, 6.45) is 6.18. The molecule has 0 heterocycles. The Morgan fingerprint density at radius 1 is 0.932 bits per heavy atom. The van der Waals surface area contributed by atoms with E-state index in [1.165, 1.54) is 6.42 Å². The van der Waals surface area contributed by atoms with Crippen LogP contribution in [-0.2, 0) is 20.7 Å². The quantitative estimate of drug-likeness (QED) is 0.241. The minimum atomic E-state index is -1.01. The molecule has 0 spiro atoms. The van der Waals surface area contributed by atoms with Gasteiger partial charge in [0.1, 0.15) is 23.4 Å². The van der Waals surface area contributed by atoms with Crippen molar-refractivity contribution >= 4 is 17.9 Å². The third-order valence-corrected chi connectivity index (χ3v) is 8.13. The summed E-state index contributed by atoms with van der Waals surface area (Å²) in [6.45, 7) is 13.6. The lowest BCUT2D eigenvalue weighted by Gasteiger charge is -2.39. The Morgan fingerprint density at radius 2 is 1.55 bits per heavy atom. The largest absolute Gasteiger partial charge is 0.508 e. The molecule has 0 saturated heterocycles. The summed E-state index contributed by atoms with van der Waals surface area (Å²) in [5.41, 5.74) is 1.78. The van der Waals surface area contributed by atoms with Crippen molar-refractivity contribution in [1.82, 2.24) is 15.5 Å². The molecule has 44 heavy (non-hydrogen) atoms. The zero-order valence-corrected chi connectivity index (χ0v) is 27.7. The molecule has 242 valence electrons. The van der Waals surface area contributed by atoms with Crippen molar-refractivity contribution in [1.29, 1.82) is 0 Å². The van der Waals surface area contributed by atoms with Gasteiger partial charge >= 0.3 is 6.09 Å². The zero-order chi connectivity index (χ0) is 32.4. The van der Waals surface area contributed by atoms with Gasteiger partial charge in [-0.3, -0.25) is 9.59 Å². The van der Waals surface area contributed by atoms with Gasteiger partial charge in [0.25, 0.3) is 0 Å². The Morgan fingerprint density at radius 3 is 2.11 bits per heavy atom. The van der Waals surface area contributed by atoms with Crippen LogP contribution in [0.5, 0.6) is 5.75 Å². The van der Waals surface area contributed by atoms with E-state index in [0.717, 1.165) is 48.8 Å². The summed E-state index contributed by atoms with van der Waals surface area (Å²) in [7, 11) is 0. The first-order valence-electron chi connectivity index (χ1n) is 16.2. The molecule has 2 aromatic rings. The summed E-state index contributed by atoms with van der Waals surface area (Å²) in [5, 5.41) is 15.9. The maximum atomic E-state index is 14.8. The zero-order valence-electron chi connectivity index (χ0n) is 27.7. The average Bonchev–Trinajstić information content (AvgIpc) is 2.95. The molecule has 3 unspecified atom stereocenters. The van der Waals surface area contributed by atoms with Crippen molar-refractivity contribution in [3.8, 4) is 5.75 Å². The Kier molecular flexibility index (Phi) is 12.7. The fraction of sp³-hybridized carbons (Fsp3) is 0.583. The molecule has 0 radical (unpaired) electrons. The van der Waals surface area contributed by atoms with Crippen molar-refractivity contribution in [2.24, 2.45) is 5.92 Å². The fourth-order valence-corrected chi connectivity index (χ4v) is 5.72. The van der Waals surface area contributed by atoms with E-state index >= 15 is 0 Å². The van der Waals surface area contributed by atoms with E-state index in [2.05, 4.69) is 24.5 Å². The van der Waals surface area contributed by atoms with E-state index in [0.29, 0.717) is 12.3 Å². The molecule has 0 aromatic heterocycles. The van der Waals surface area contributed by atoms with E-state index in [9.17, 15) is 19.5 Å². The number of hydrogen-bond acceptors (Lipinski definition) is 5. The van der Waals surface area contributed by atoms with Gasteiger partial charge in [-0.1, -0.05) is 75.1 Å². The van der Waals surface area contributed by atoms with Crippen molar-refractivity contribution in [3.63, 3.8) is 0 Å². The Hall–Kier alpha value is -3.55.